The number of Topliss-reactive ketones (excluding diaryl/α,β-unsaturated/α-hetero) is 1. The lowest BCUT2D eigenvalue weighted by Gasteiger charge is -2.07. The van der Waals surface area contributed by atoms with Gasteiger partial charge in [0.25, 0.3) is 0 Å². The van der Waals surface area contributed by atoms with E-state index in [-0.39, 0.29) is 6.10 Å². The quantitative estimate of drug-likeness (QED) is 0.643. The summed E-state index contributed by atoms with van der Waals surface area (Å²) < 4.78 is 0. The molecule has 0 aromatic heterocycles. The average Bonchev–Trinajstić information content (AvgIpc) is 2.68. The Hall–Kier alpha value is -0.370. The first kappa shape index (κ1) is 13.7. The Morgan fingerprint density at radius 1 is 1.19 bits per heavy atom. The van der Waals surface area contributed by atoms with Crippen molar-refractivity contribution in [1.82, 2.24) is 0 Å². The van der Waals surface area contributed by atoms with Gasteiger partial charge in [0.2, 0.25) is 0 Å². The molecule has 0 aromatic carbocycles. The van der Waals surface area contributed by atoms with Crippen LogP contribution in [0.1, 0.15) is 71.1 Å². The minimum Gasteiger partial charge on any atom is -0.393 e. The van der Waals surface area contributed by atoms with E-state index in [0.717, 1.165) is 44.9 Å². The second kappa shape index (κ2) is 7.83. The zero-order valence-electron chi connectivity index (χ0n) is 10.6. The molecule has 0 spiro atoms. The summed E-state index contributed by atoms with van der Waals surface area (Å²) in [5, 5.41) is 9.38. The molecule has 1 aliphatic carbocycles. The predicted octanol–water partition coefficient (Wildman–Crippen LogP) is 3.47. The van der Waals surface area contributed by atoms with Crippen LogP contribution in [0.5, 0.6) is 0 Å². The lowest BCUT2D eigenvalue weighted by molar-refractivity contribution is -0.119. The van der Waals surface area contributed by atoms with Crippen molar-refractivity contribution in [3.05, 3.63) is 0 Å². The van der Waals surface area contributed by atoms with E-state index in [2.05, 4.69) is 6.92 Å². The highest BCUT2D eigenvalue weighted by Crippen LogP contribution is 2.29. The smallest absolute Gasteiger partial charge is 0.132 e. The summed E-state index contributed by atoms with van der Waals surface area (Å²) in [5.74, 6) is 1.03. The molecule has 0 radical (unpaired) electrons. The molecule has 94 valence electrons. The number of carbonyl (C=O) groups excluding carboxylic acids is 1. The van der Waals surface area contributed by atoms with Gasteiger partial charge in [-0.05, 0) is 38.0 Å². The Morgan fingerprint density at radius 3 is 2.62 bits per heavy atom. The van der Waals surface area contributed by atoms with Crippen molar-refractivity contribution >= 4 is 5.78 Å². The molecule has 1 N–H and O–H groups in total. The molecule has 16 heavy (non-hydrogen) atoms. The van der Waals surface area contributed by atoms with Gasteiger partial charge < -0.3 is 5.11 Å². The van der Waals surface area contributed by atoms with Crippen molar-refractivity contribution in [3.63, 3.8) is 0 Å². The molecular weight excluding hydrogens is 200 g/mol. The molecule has 2 nitrogen and oxygen atoms in total. The van der Waals surface area contributed by atoms with E-state index in [9.17, 15) is 9.90 Å². The van der Waals surface area contributed by atoms with Crippen molar-refractivity contribution in [2.24, 2.45) is 5.92 Å². The van der Waals surface area contributed by atoms with Crippen LogP contribution >= 0.6 is 0 Å². The second-order valence-corrected chi connectivity index (χ2v) is 5.22. The Bertz CT molecular complexity index is 201. The topological polar surface area (TPSA) is 37.3 Å². The first-order chi connectivity index (χ1) is 7.72. The van der Waals surface area contributed by atoms with E-state index in [1.165, 1.54) is 19.3 Å². The first-order valence-corrected chi connectivity index (χ1v) is 6.92. The van der Waals surface area contributed by atoms with Crippen LogP contribution in [-0.4, -0.2) is 17.0 Å². The van der Waals surface area contributed by atoms with E-state index >= 15 is 0 Å². The number of aliphatic hydroxyl groups excluding tert-OH is 1. The van der Waals surface area contributed by atoms with Gasteiger partial charge in [0.05, 0.1) is 6.10 Å². The Balaban J connectivity index is 1.97. The highest BCUT2D eigenvalue weighted by Gasteiger charge is 2.22. The van der Waals surface area contributed by atoms with Crippen LogP contribution in [0.2, 0.25) is 0 Å². The first-order valence-electron chi connectivity index (χ1n) is 6.92. The van der Waals surface area contributed by atoms with Gasteiger partial charge in [-0.1, -0.05) is 26.2 Å². The fourth-order valence-electron chi connectivity index (χ4n) is 2.55. The van der Waals surface area contributed by atoms with Crippen LogP contribution in [0.15, 0.2) is 0 Å². The lowest BCUT2D eigenvalue weighted by atomic mass is 9.98. The monoisotopic (exact) mass is 226 g/mol. The van der Waals surface area contributed by atoms with E-state index in [4.69, 9.17) is 0 Å². The van der Waals surface area contributed by atoms with Crippen molar-refractivity contribution in [2.75, 3.05) is 0 Å². The normalized spacial score (nSPS) is 24.9. The van der Waals surface area contributed by atoms with Gasteiger partial charge >= 0.3 is 0 Å². The van der Waals surface area contributed by atoms with Crippen LogP contribution in [0, 0.1) is 5.92 Å². The summed E-state index contributed by atoms with van der Waals surface area (Å²) in [4.78, 5) is 11.6. The van der Waals surface area contributed by atoms with Crippen molar-refractivity contribution in [3.8, 4) is 0 Å². The third kappa shape index (κ3) is 5.64. The van der Waals surface area contributed by atoms with Crippen LogP contribution < -0.4 is 0 Å². The highest BCUT2D eigenvalue weighted by atomic mass is 16.3. The standard InChI is InChI=1S/C14H26O2/c1-2-3-4-5-6-13(15)9-7-12-8-10-14(16)11-12/h12,14,16H,2-11H2,1H3. The van der Waals surface area contributed by atoms with E-state index in [1.54, 1.807) is 0 Å². The maximum absolute atomic E-state index is 11.6. The van der Waals surface area contributed by atoms with E-state index in [1.807, 2.05) is 0 Å². The minimum absolute atomic E-state index is 0.0929. The average molecular weight is 226 g/mol. The summed E-state index contributed by atoms with van der Waals surface area (Å²) >= 11 is 0. The molecule has 1 saturated carbocycles. The number of hydrogen-bond donors (Lipinski definition) is 1. The number of hydrogen-bond acceptors (Lipinski definition) is 2. The second-order valence-electron chi connectivity index (χ2n) is 5.22. The molecule has 0 heterocycles. The van der Waals surface area contributed by atoms with Gasteiger partial charge in [-0.15, -0.1) is 0 Å². The van der Waals surface area contributed by atoms with Crippen LogP contribution in [0.25, 0.3) is 0 Å². The number of unbranched alkanes of at least 4 members (excludes halogenated alkanes) is 3. The third-order valence-electron chi connectivity index (χ3n) is 3.65. The highest BCUT2D eigenvalue weighted by molar-refractivity contribution is 5.78. The van der Waals surface area contributed by atoms with Gasteiger partial charge in [0, 0.05) is 12.8 Å². The molecule has 2 heteroatoms. The molecule has 2 atom stereocenters. The fraction of sp³-hybridized carbons (Fsp3) is 0.929. The fourth-order valence-corrected chi connectivity index (χ4v) is 2.55. The Labute approximate surface area is 99.4 Å². The van der Waals surface area contributed by atoms with Gasteiger partial charge in [-0.3, -0.25) is 4.79 Å². The molecule has 2 unspecified atom stereocenters. The summed E-state index contributed by atoms with van der Waals surface area (Å²) in [6.45, 7) is 2.19. The zero-order chi connectivity index (χ0) is 11.8. The molecule has 0 aliphatic heterocycles. The molecule has 1 rings (SSSR count). The molecule has 0 bridgehead atoms. The maximum atomic E-state index is 11.6. The Morgan fingerprint density at radius 2 is 2.00 bits per heavy atom. The Kier molecular flexibility index (Phi) is 6.70. The summed E-state index contributed by atoms with van der Waals surface area (Å²) in [7, 11) is 0. The number of rotatable bonds is 8. The minimum atomic E-state index is -0.0929. The largest absolute Gasteiger partial charge is 0.393 e. The van der Waals surface area contributed by atoms with Gasteiger partial charge in [-0.2, -0.15) is 0 Å². The van der Waals surface area contributed by atoms with Crippen LogP contribution in [-0.2, 0) is 4.79 Å². The molecule has 1 aliphatic rings. The zero-order valence-corrected chi connectivity index (χ0v) is 10.6. The number of ketones is 1. The lowest BCUT2D eigenvalue weighted by Crippen LogP contribution is -2.04. The van der Waals surface area contributed by atoms with Crippen molar-refractivity contribution < 1.29 is 9.90 Å². The molecular formula is C14H26O2. The molecule has 0 amide bonds. The number of carbonyl (C=O) groups is 1. The maximum Gasteiger partial charge on any atom is 0.132 e. The van der Waals surface area contributed by atoms with Gasteiger partial charge in [-0.25, -0.2) is 0 Å². The van der Waals surface area contributed by atoms with E-state index in [0.29, 0.717) is 11.7 Å². The van der Waals surface area contributed by atoms with Crippen LogP contribution in [0.3, 0.4) is 0 Å². The third-order valence-corrected chi connectivity index (χ3v) is 3.65. The molecule has 0 aromatic rings. The summed E-state index contributed by atoms with van der Waals surface area (Å²) in [6.07, 6.45) is 10.1. The SMILES string of the molecule is CCCCCCC(=O)CCC1CCC(O)C1. The van der Waals surface area contributed by atoms with Crippen molar-refractivity contribution in [2.45, 2.75) is 77.2 Å². The predicted molar refractivity (Wildman–Crippen MR) is 66.3 cm³/mol. The summed E-state index contributed by atoms with van der Waals surface area (Å²) in [5.41, 5.74) is 0. The number of aliphatic hydroxyl groups is 1. The molecule has 0 saturated heterocycles. The summed E-state index contributed by atoms with van der Waals surface area (Å²) in [6, 6.07) is 0. The van der Waals surface area contributed by atoms with Gasteiger partial charge in [0.15, 0.2) is 0 Å². The van der Waals surface area contributed by atoms with Gasteiger partial charge in [0.1, 0.15) is 5.78 Å². The molecule has 1 fully saturated rings. The van der Waals surface area contributed by atoms with Crippen molar-refractivity contribution in [1.29, 1.82) is 0 Å². The van der Waals surface area contributed by atoms with E-state index < -0.39 is 0 Å². The van der Waals surface area contributed by atoms with Crippen LogP contribution in [0.4, 0.5) is 0 Å².